The van der Waals surface area contributed by atoms with E-state index in [1.807, 2.05) is 6.08 Å². The topological polar surface area (TPSA) is 95.9 Å². The van der Waals surface area contributed by atoms with E-state index in [0.29, 0.717) is 19.3 Å². The summed E-state index contributed by atoms with van der Waals surface area (Å²) in [6.07, 6.45) is 62.6. The van der Waals surface area contributed by atoms with Gasteiger partial charge in [-0.1, -0.05) is 222 Å². The van der Waals surface area contributed by atoms with Crippen LogP contribution < -0.4 is 5.32 Å². The lowest BCUT2D eigenvalue weighted by Crippen LogP contribution is -2.46. The van der Waals surface area contributed by atoms with Crippen LogP contribution in [0.15, 0.2) is 72.9 Å². The third-order valence-corrected chi connectivity index (χ3v) is 11.5. The molecule has 0 rings (SSSR count). The highest BCUT2D eigenvalue weighted by Crippen LogP contribution is 2.17. The number of rotatable bonds is 46. The first-order valence-corrected chi connectivity index (χ1v) is 26.2. The number of carbonyl (C=O) groups excluding carboxylic acids is 2. The largest absolute Gasteiger partial charge is 0.462 e. The van der Waals surface area contributed by atoms with E-state index in [0.717, 1.165) is 70.6 Å². The lowest BCUT2D eigenvalue weighted by atomic mass is 10.0. The third-order valence-electron chi connectivity index (χ3n) is 11.5. The Bertz CT molecular complexity index is 1150. The van der Waals surface area contributed by atoms with Gasteiger partial charge in [-0.15, -0.1) is 0 Å². The summed E-state index contributed by atoms with van der Waals surface area (Å²) in [4.78, 5) is 26.1. The van der Waals surface area contributed by atoms with Gasteiger partial charge in [0.2, 0.25) is 5.91 Å². The molecule has 358 valence electrons. The number of carbonyl (C=O) groups is 2. The van der Waals surface area contributed by atoms with Gasteiger partial charge in [0.1, 0.15) is 6.10 Å². The monoisotopic (exact) mass is 866 g/mol. The maximum absolute atomic E-state index is 13.2. The van der Waals surface area contributed by atoms with Crippen LogP contribution in [0.1, 0.15) is 245 Å². The number of nitrogens with one attached hydrogen (secondary N) is 1. The lowest BCUT2D eigenvalue weighted by molar-refractivity contribution is -0.150. The molecule has 0 aromatic carbocycles. The van der Waals surface area contributed by atoms with Crippen LogP contribution in [-0.4, -0.2) is 46.9 Å². The minimum atomic E-state index is -0.802. The van der Waals surface area contributed by atoms with Crippen molar-refractivity contribution in [2.24, 2.45) is 0 Å². The molecule has 0 aromatic rings. The molecule has 0 aliphatic rings. The molecule has 3 atom stereocenters. The van der Waals surface area contributed by atoms with Gasteiger partial charge >= 0.3 is 5.97 Å². The molecule has 0 aromatic heterocycles. The van der Waals surface area contributed by atoms with Crippen LogP contribution in [0, 0.1) is 0 Å². The summed E-state index contributed by atoms with van der Waals surface area (Å²) in [7, 11) is 0. The van der Waals surface area contributed by atoms with Gasteiger partial charge in [-0.25, -0.2) is 0 Å². The maximum Gasteiger partial charge on any atom is 0.306 e. The summed E-state index contributed by atoms with van der Waals surface area (Å²) < 4.78 is 5.89. The molecule has 0 saturated heterocycles. The summed E-state index contributed by atoms with van der Waals surface area (Å²) in [5.74, 6) is -0.577. The summed E-state index contributed by atoms with van der Waals surface area (Å²) in [6, 6.07) is -0.719. The number of hydrogen-bond donors (Lipinski definition) is 3. The number of allylic oxidation sites excluding steroid dienone is 12. The van der Waals surface area contributed by atoms with Gasteiger partial charge in [-0.3, -0.25) is 9.59 Å². The van der Waals surface area contributed by atoms with Crippen LogP contribution in [0.3, 0.4) is 0 Å². The van der Waals surface area contributed by atoms with Gasteiger partial charge in [0.25, 0.3) is 0 Å². The highest BCUT2D eigenvalue weighted by Gasteiger charge is 2.24. The summed E-state index contributed by atoms with van der Waals surface area (Å²) in [5, 5.41) is 23.7. The molecule has 3 N–H and O–H groups in total. The van der Waals surface area contributed by atoms with Crippen molar-refractivity contribution in [1.29, 1.82) is 0 Å². The number of hydrogen-bond acceptors (Lipinski definition) is 5. The predicted octanol–water partition coefficient (Wildman–Crippen LogP) is 15.8. The second-order valence-corrected chi connectivity index (χ2v) is 17.5. The first kappa shape index (κ1) is 59.3. The number of esters is 1. The molecule has 0 aliphatic carbocycles. The van der Waals surface area contributed by atoms with Crippen molar-refractivity contribution in [2.45, 2.75) is 264 Å². The van der Waals surface area contributed by atoms with Gasteiger partial charge in [0.15, 0.2) is 0 Å². The fourth-order valence-electron chi connectivity index (χ4n) is 7.59. The van der Waals surface area contributed by atoms with Crippen molar-refractivity contribution in [1.82, 2.24) is 5.32 Å². The molecule has 6 heteroatoms. The normalized spacial score (nSPS) is 13.8. The number of ether oxygens (including phenoxy) is 1. The first-order chi connectivity index (χ1) is 30.5. The molecule has 0 fully saturated rings. The Kier molecular flexibility index (Phi) is 47.2. The second-order valence-electron chi connectivity index (χ2n) is 17.5. The predicted molar refractivity (Wildman–Crippen MR) is 268 cm³/mol. The van der Waals surface area contributed by atoms with E-state index in [9.17, 15) is 19.8 Å². The minimum absolute atomic E-state index is 0.0429. The van der Waals surface area contributed by atoms with E-state index in [-0.39, 0.29) is 31.3 Å². The van der Waals surface area contributed by atoms with Gasteiger partial charge in [0, 0.05) is 6.42 Å². The number of aliphatic hydroxyl groups is 2. The van der Waals surface area contributed by atoms with E-state index >= 15 is 0 Å². The summed E-state index contributed by atoms with van der Waals surface area (Å²) in [5.41, 5.74) is 0. The van der Waals surface area contributed by atoms with Gasteiger partial charge in [-0.05, 0) is 83.5 Å². The number of aliphatic hydroxyl groups excluding tert-OH is 2. The fraction of sp³-hybridized carbons (Fsp3) is 0.750. The molecule has 62 heavy (non-hydrogen) atoms. The summed E-state index contributed by atoms with van der Waals surface area (Å²) in [6.45, 7) is 6.34. The molecule has 1 amide bonds. The van der Waals surface area contributed by atoms with Crippen molar-refractivity contribution < 1.29 is 24.5 Å². The second kappa shape index (κ2) is 49.3. The maximum atomic E-state index is 13.2. The number of unbranched alkanes of at least 4 members (excludes halogenated alkanes) is 22. The van der Waals surface area contributed by atoms with E-state index in [4.69, 9.17) is 4.74 Å². The van der Waals surface area contributed by atoms with Crippen LogP contribution in [0.4, 0.5) is 0 Å². The van der Waals surface area contributed by atoms with Crippen molar-refractivity contribution >= 4 is 11.9 Å². The van der Waals surface area contributed by atoms with Crippen LogP contribution in [-0.2, 0) is 14.3 Å². The average Bonchev–Trinajstić information content (AvgIpc) is 3.26. The molecular formula is C56H99NO5. The molecule has 0 heterocycles. The highest BCUT2D eigenvalue weighted by molar-refractivity contribution is 5.77. The van der Waals surface area contributed by atoms with Crippen molar-refractivity contribution in [3.63, 3.8) is 0 Å². The molecule has 0 bridgehead atoms. The zero-order chi connectivity index (χ0) is 45.2. The van der Waals surface area contributed by atoms with Gasteiger partial charge in [0.05, 0.1) is 25.2 Å². The summed E-state index contributed by atoms with van der Waals surface area (Å²) >= 11 is 0. The van der Waals surface area contributed by atoms with Crippen molar-refractivity contribution in [3.05, 3.63) is 72.9 Å². The quantitative estimate of drug-likeness (QED) is 0.0322. The van der Waals surface area contributed by atoms with Crippen LogP contribution in [0.2, 0.25) is 0 Å². The van der Waals surface area contributed by atoms with E-state index in [2.05, 4.69) is 92.9 Å². The molecule has 0 saturated carbocycles. The minimum Gasteiger partial charge on any atom is -0.462 e. The zero-order valence-corrected chi connectivity index (χ0v) is 40.7. The van der Waals surface area contributed by atoms with Crippen molar-refractivity contribution in [3.8, 4) is 0 Å². The van der Waals surface area contributed by atoms with Gasteiger partial charge in [-0.2, -0.15) is 0 Å². The fourth-order valence-corrected chi connectivity index (χ4v) is 7.59. The van der Waals surface area contributed by atoms with Crippen LogP contribution in [0.25, 0.3) is 0 Å². The molecule has 3 unspecified atom stereocenters. The van der Waals surface area contributed by atoms with Crippen LogP contribution in [0.5, 0.6) is 0 Å². The Morgan fingerprint density at radius 1 is 0.484 bits per heavy atom. The zero-order valence-electron chi connectivity index (χ0n) is 40.7. The van der Waals surface area contributed by atoms with E-state index in [1.165, 1.54) is 122 Å². The molecule has 0 radical (unpaired) electrons. The van der Waals surface area contributed by atoms with Crippen molar-refractivity contribution in [2.75, 3.05) is 6.61 Å². The third kappa shape index (κ3) is 43.9. The molecule has 0 spiro atoms. The van der Waals surface area contributed by atoms with Crippen LogP contribution >= 0.6 is 0 Å². The average molecular weight is 866 g/mol. The first-order valence-electron chi connectivity index (χ1n) is 26.2. The standard InChI is InChI=1S/C56H99NO5/c1-4-7-10-13-16-19-22-24-26-28-29-31-33-35-38-41-44-47-52(50-55(60)57-53(51-58)54(59)48-45-42-39-36-21-18-15-12-9-6-3)62-56(61)49-46-43-40-37-34-32-30-27-25-23-20-17-14-11-8-5-2/h8,11,17,20,24-27,32,34,40,43,52-54,58-59H,4-7,9-10,12-16,18-19,21-23,28-31,33,35-39,41-42,44-51H2,1-3H3,(H,57,60)/b11-8+,20-17+,26-24+,27-25+,34-32+,43-40+. The Hall–Kier alpha value is -2.70. The Labute approximate surface area is 383 Å². The SMILES string of the molecule is CC/C=C/C/C=C/C/C=C/C/C=C/C/C=C/CCC(=O)OC(CCCCCCCCC/C=C/CCCCCCCC)CC(=O)NC(CO)C(O)CCCCCCCCCCCC. The molecular weight excluding hydrogens is 767 g/mol. The Balaban J connectivity index is 4.70. The molecule has 0 aliphatic heterocycles. The van der Waals surface area contributed by atoms with Gasteiger partial charge < -0.3 is 20.3 Å². The lowest BCUT2D eigenvalue weighted by Gasteiger charge is -2.24. The highest BCUT2D eigenvalue weighted by atomic mass is 16.5. The van der Waals surface area contributed by atoms with E-state index < -0.39 is 18.2 Å². The Morgan fingerprint density at radius 2 is 0.871 bits per heavy atom. The smallest absolute Gasteiger partial charge is 0.306 e. The Morgan fingerprint density at radius 3 is 1.32 bits per heavy atom. The molecule has 6 nitrogen and oxygen atoms in total. The number of amides is 1. The van der Waals surface area contributed by atoms with E-state index in [1.54, 1.807) is 0 Å².